The van der Waals surface area contributed by atoms with Crippen molar-refractivity contribution in [3.05, 3.63) is 65.1 Å². The van der Waals surface area contributed by atoms with Crippen molar-refractivity contribution in [2.75, 3.05) is 7.11 Å². The quantitative estimate of drug-likeness (QED) is 0.255. The first-order valence-electron chi connectivity index (χ1n) is 9.97. The van der Waals surface area contributed by atoms with E-state index in [0.29, 0.717) is 17.1 Å². The first-order chi connectivity index (χ1) is 15.5. The summed E-state index contributed by atoms with van der Waals surface area (Å²) in [5, 5.41) is 8.00. The van der Waals surface area contributed by atoms with E-state index in [-0.39, 0.29) is 24.7 Å². The third kappa shape index (κ3) is 4.70. The molecule has 2 amide bonds. The summed E-state index contributed by atoms with van der Waals surface area (Å²) in [7, 11) is 1.60. The number of fused-ring (bicyclic) bond motifs is 1. The molecule has 0 aliphatic carbocycles. The van der Waals surface area contributed by atoms with E-state index in [1.54, 1.807) is 17.9 Å². The number of methoxy groups -OCH3 is 1. The van der Waals surface area contributed by atoms with Crippen LogP contribution in [0.3, 0.4) is 0 Å². The van der Waals surface area contributed by atoms with Crippen LogP contribution < -0.4 is 15.6 Å². The van der Waals surface area contributed by atoms with Crippen molar-refractivity contribution in [3.8, 4) is 17.1 Å². The van der Waals surface area contributed by atoms with Gasteiger partial charge in [-0.15, -0.1) is 0 Å². The number of para-hydroxylation sites is 1. The third-order valence-corrected chi connectivity index (χ3v) is 5.35. The Hall–Kier alpha value is -3.92. The fourth-order valence-electron chi connectivity index (χ4n) is 3.40. The fraction of sp³-hybridized carbons (Fsp3) is 0.182. The zero-order valence-corrected chi connectivity index (χ0v) is 18.2. The predicted octanol–water partition coefficient (Wildman–Crippen LogP) is 2.88. The van der Waals surface area contributed by atoms with Gasteiger partial charge in [-0.1, -0.05) is 18.2 Å². The van der Waals surface area contributed by atoms with Crippen LogP contribution in [-0.2, 0) is 22.6 Å². The summed E-state index contributed by atoms with van der Waals surface area (Å²) in [5.41, 5.74) is 7.58. The number of aromatic amines is 2. The highest BCUT2D eigenvalue weighted by Crippen LogP contribution is 2.21. The lowest BCUT2D eigenvalue weighted by molar-refractivity contribution is -0.128. The van der Waals surface area contributed by atoms with Crippen LogP contribution in [0.25, 0.3) is 22.3 Å². The molecule has 164 valence electrons. The number of ether oxygens (including phenoxy) is 1. The van der Waals surface area contributed by atoms with E-state index in [2.05, 4.69) is 26.0 Å². The van der Waals surface area contributed by atoms with Crippen molar-refractivity contribution < 1.29 is 14.3 Å². The molecule has 10 heteroatoms. The molecule has 4 aromatic rings. The molecule has 4 rings (SSSR count). The van der Waals surface area contributed by atoms with Crippen molar-refractivity contribution >= 4 is 34.9 Å². The molecule has 0 bridgehead atoms. The second-order valence-corrected chi connectivity index (χ2v) is 7.50. The average Bonchev–Trinajstić information content (AvgIpc) is 3.39. The van der Waals surface area contributed by atoms with Gasteiger partial charge in [0.15, 0.2) is 10.6 Å². The lowest BCUT2D eigenvalue weighted by atomic mass is 10.1. The minimum absolute atomic E-state index is 0.115. The van der Waals surface area contributed by atoms with Gasteiger partial charge in [0.1, 0.15) is 5.75 Å². The topological polar surface area (TPSA) is 117 Å². The molecule has 4 N–H and O–H groups in total. The maximum atomic E-state index is 12.3. The maximum absolute atomic E-state index is 12.3. The lowest BCUT2D eigenvalue weighted by Crippen LogP contribution is -2.42. The Balaban J connectivity index is 1.32. The van der Waals surface area contributed by atoms with E-state index in [1.807, 2.05) is 48.5 Å². The molecule has 0 spiro atoms. The first kappa shape index (κ1) is 21.3. The molecule has 0 saturated carbocycles. The van der Waals surface area contributed by atoms with Crippen molar-refractivity contribution in [2.24, 2.45) is 0 Å². The number of rotatable bonds is 7. The molecule has 0 aliphatic heterocycles. The number of hydrogen-bond donors (Lipinski definition) is 4. The molecule has 32 heavy (non-hydrogen) atoms. The highest BCUT2D eigenvalue weighted by Gasteiger charge is 2.12. The van der Waals surface area contributed by atoms with Crippen molar-refractivity contribution in [1.82, 2.24) is 30.6 Å². The first-order valence-corrected chi connectivity index (χ1v) is 10.4. The van der Waals surface area contributed by atoms with Crippen LogP contribution in [0.2, 0.25) is 0 Å². The monoisotopic (exact) mass is 450 g/mol. The average molecular weight is 451 g/mol. The second kappa shape index (κ2) is 9.48. The van der Waals surface area contributed by atoms with Crippen LogP contribution in [0.1, 0.15) is 12.0 Å². The van der Waals surface area contributed by atoms with Crippen LogP contribution in [0.15, 0.2) is 54.7 Å². The summed E-state index contributed by atoms with van der Waals surface area (Å²) in [6.07, 6.45) is 2.07. The number of hydrogen-bond acceptors (Lipinski definition) is 5. The summed E-state index contributed by atoms with van der Waals surface area (Å²) < 4.78 is 7.32. The van der Waals surface area contributed by atoms with Crippen molar-refractivity contribution in [3.63, 3.8) is 0 Å². The highest BCUT2D eigenvalue weighted by atomic mass is 32.1. The number of benzene rings is 2. The van der Waals surface area contributed by atoms with Gasteiger partial charge in [0.05, 0.1) is 13.5 Å². The van der Waals surface area contributed by atoms with Crippen LogP contribution in [-0.4, -0.2) is 38.7 Å². The summed E-state index contributed by atoms with van der Waals surface area (Å²) in [6.45, 7) is 0.306. The number of nitrogens with one attached hydrogen (secondary N) is 4. The molecule has 9 nitrogen and oxygen atoms in total. The van der Waals surface area contributed by atoms with Crippen LogP contribution in [0.5, 0.6) is 5.75 Å². The SMILES string of the molecule is COc1ccc(-c2n[nH]c(=S)n2CCC(=O)NNC(=O)Cc2c[nH]c3ccccc23)cc1. The molecular weight excluding hydrogens is 428 g/mol. The number of hydrazine groups is 1. The van der Waals surface area contributed by atoms with Crippen molar-refractivity contribution in [2.45, 2.75) is 19.4 Å². The highest BCUT2D eigenvalue weighted by molar-refractivity contribution is 7.71. The zero-order chi connectivity index (χ0) is 22.5. The Bertz CT molecular complexity index is 1310. The number of H-pyrrole nitrogens is 2. The van der Waals surface area contributed by atoms with E-state index in [4.69, 9.17) is 17.0 Å². The molecule has 2 heterocycles. The summed E-state index contributed by atoms with van der Waals surface area (Å²) in [6, 6.07) is 15.1. The Kier molecular flexibility index (Phi) is 6.31. The number of carbonyl (C=O) groups excluding carboxylic acids is 2. The molecule has 0 fully saturated rings. The number of nitrogens with zero attached hydrogens (tertiary/aromatic N) is 2. The summed E-state index contributed by atoms with van der Waals surface area (Å²) >= 11 is 5.30. The van der Waals surface area contributed by atoms with Gasteiger partial charge in [-0.25, -0.2) is 0 Å². The van der Waals surface area contributed by atoms with Gasteiger partial charge in [-0.3, -0.25) is 30.1 Å². The van der Waals surface area contributed by atoms with Gasteiger partial charge in [0.25, 0.3) is 0 Å². The lowest BCUT2D eigenvalue weighted by Gasteiger charge is -2.09. The van der Waals surface area contributed by atoms with Gasteiger partial charge in [-0.05, 0) is 48.1 Å². The Morgan fingerprint density at radius 3 is 2.62 bits per heavy atom. The smallest absolute Gasteiger partial charge is 0.242 e. The molecule has 0 atom stereocenters. The van der Waals surface area contributed by atoms with E-state index in [1.165, 1.54) is 0 Å². The van der Waals surface area contributed by atoms with Crippen molar-refractivity contribution in [1.29, 1.82) is 0 Å². The molecule has 0 radical (unpaired) electrons. The molecule has 2 aromatic heterocycles. The normalized spacial score (nSPS) is 10.8. The predicted molar refractivity (Wildman–Crippen MR) is 122 cm³/mol. The second-order valence-electron chi connectivity index (χ2n) is 7.12. The van der Waals surface area contributed by atoms with Gasteiger partial charge in [-0.2, -0.15) is 5.10 Å². The molecular formula is C22H22N6O3S. The van der Waals surface area contributed by atoms with Gasteiger partial charge >= 0.3 is 0 Å². The van der Waals surface area contributed by atoms with E-state index >= 15 is 0 Å². The summed E-state index contributed by atoms with van der Waals surface area (Å²) in [5.74, 6) is 0.717. The van der Waals surface area contributed by atoms with Gasteiger partial charge in [0, 0.05) is 35.6 Å². The standard InChI is InChI=1S/C22H22N6O3S/c1-31-16-8-6-14(7-9-16)21-26-27-22(32)28(21)11-10-19(29)24-25-20(30)12-15-13-23-18-5-3-2-4-17(15)18/h2-9,13,23H,10-12H2,1H3,(H,24,29)(H,25,30)(H,27,32). The van der Waals surface area contributed by atoms with E-state index < -0.39 is 0 Å². The fourth-order valence-corrected chi connectivity index (χ4v) is 3.62. The van der Waals surface area contributed by atoms with Crippen LogP contribution in [0, 0.1) is 4.77 Å². The minimum atomic E-state index is -0.332. The Labute approximate surface area is 188 Å². The van der Waals surface area contributed by atoms with Crippen LogP contribution >= 0.6 is 12.2 Å². The molecule has 2 aromatic carbocycles. The minimum Gasteiger partial charge on any atom is -0.497 e. The number of carbonyl (C=O) groups is 2. The Morgan fingerprint density at radius 2 is 1.84 bits per heavy atom. The maximum Gasteiger partial charge on any atom is 0.242 e. The molecule has 0 saturated heterocycles. The summed E-state index contributed by atoms with van der Waals surface area (Å²) in [4.78, 5) is 27.7. The van der Waals surface area contributed by atoms with E-state index in [9.17, 15) is 9.59 Å². The number of aromatic nitrogens is 4. The van der Waals surface area contributed by atoms with E-state index in [0.717, 1.165) is 27.8 Å². The van der Waals surface area contributed by atoms with Gasteiger partial charge in [0.2, 0.25) is 11.8 Å². The third-order valence-electron chi connectivity index (χ3n) is 5.04. The number of amides is 2. The largest absolute Gasteiger partial charge is 0.497 e. The van der Waals surface area contributed by atoms with Gasteiger partial charge < -0.3 is 9.72 Å². The van der Waals surface area contributed by atoms with Crippen LogP contribution in [0.4, 0.5) is 0 Å². The Morgan fingerprint density at radius 1 is 1.09 bits per heavy atom. The molecule has 0 aliphatic rings. The molecule has 0 unspecified atom stereocenters. The zero-order valence-electron chi connectivity index (χ0n) is 17.3.